The van der Waals surface area contributed by atoms with Crippen molar-refractivity contribution in [2.24, 2.45) is 0 Å². The van der Waals surface area contributed by atoms with E-state index >= 15 is 0 Å². The van der Waals surface area contributed by atoms with E-state index in [1.807, 2.05) is 84.0 Å². The first-order chi connectivity index (χ1) is 21.7. The van der Waals surface area contributed by atoms with Gasteiger partial charge in [-0.25, -0.2) is 8.42 Å². The van der Waals surface area contributed by atoms with E-state index in [0.717, 1.165) is 26.6 Å². The van der Waals surface area contributed by atoms with Gasteiger partial charge in [-0.3, -0.25) is 13.9 Å². The Morgan fingerprint density at radius 2 is 1.46 bits per heavy atom. The molecule has 0 spiro atoms. The van der Waals surface area contributed by atoms with E-state index in [0.29, 0.717) is 16.3 Å². The van der Waals surface area contributed by atoms with Crippen molar-refractivity contribution < 1.29 is 18.0 Å². The van der Waals surface area contributed by atoms with Crippen LogP contribution in [-0.2, 0) is 32.6 Å². The van der Waals surface area contributed by atoms with E-state index < -0.39 is 34.1 Å². The van der Waals surface area contributed by atoms with Gasteiger partial charge in [-0.1, -0.05) is 83.9 Å². The van der Waals surface area contributed by atoms with Crippen LogP contribution in [0.2, 0.25) is 5.02 Å². The van der Waals surface area contributed by atoms with Crippen LogP contribution in [0.5, 0.6) is 0 Å². The highest BCUT2D eigenvalue weighted by atomic mass is 35.5. The first-order valence-electron chi connectivity index (χ1n) is 15.2. The van der Waals surface area contributed by atoms with Gasteiger partial charge in [0.25, 0.3) is 10.0 Å². The highest BCUT2D eigenvalue weighted by Gasteiger charge is 2.36. The molecular weight excluding hydrogens is 618 g/mol. The number of nitrogens with one attached hydrogen (secondary N) is 1. The quantitative estimate of drug-likeness (QED) is 0.188. The first kappa shape index (κ1) is 34.7. The van der Waals surface area contributed by atoms with Crippen LogP contribution in [0, 0.1) is 20.8 Å². The number of benzene rings is 4. The summed E-state index contributed by atoms with van der Waals surface area (Å²) in [6.07, 6.45) is 0.225. The third-order valence-electron chi connectivity index (χ3n) is 7.74. The van der Waals surface area contributed by atoms with Crippen LogP contribution in [0.25, 0.3) is 0 Å². The van der Waals surface area contributed by atoms with E-state index in [4.69, 9.17) is 11.6 Å². The molecule has 0 heterocycles. The Labute approximate surface area is 278 Å². The Hall–Kier alpha value is -4.14. The lowest BCUT2D eigenvalue weighted by atomic mass is 10.0. The molecule has 4 aromatic rings. The number of aryl methyl sites for hydroxylation is 2. The Balaban J connectivity index is 1.85. The van der Waals surface area contributed by atoms with E-state index in [-0.39, 0.29) is 23.8 Å². The Morgan fingerprint density at radius 3 is 2.09 bits per heavy atom. The smallest absolute Gasteiger partial charge is 0.264 e. The maximum atomic E-state index is 14.7. The largest absolute Gasteiger partial charge is 0.350 e. The zero-order valence-corrected chi connectivity index (χ0v) is 28.8. The Bertz CT molecular complexity index is 1790. The minimum absolute atomic E-state index is 0.0413. The fourth-order valence-electron chi connectivity index (χ4n) is 5.20. The molecule has 0 aliphatic heterocycles. The predicted molar refractivity (Wildman–Crippen MR) is 185 cm³/mol. The summed E-state index contributed by atoms with van der Waals surface area (Å²) in [6, 6.07) is 27.6. The van der Waals surface area contributed by atoms with Crippen LogP contribution in [0.3, 0.4) is 0 Å². The lowest BCUT2D eigenvalue weighted by Gasteiger charge is -2.35. The molecule has 0 bridgehead atoms. The summed E-state index contributed by atoms with van der Waals surface area (Å²) in [5, 5.41) is 3.53. The van der Waals surface area contributed by atoms with Gasteiger partial charge in [0.15, 0.2) is 0 Å². The summed E-state index contributed by atoms with van der Waals surface area (Å²) in [6.45, 7) is 10.8. The minimum Gasteiger partial charge on any atom is -0.350 e. The molecule has 242 valence electrons. The molecule has 1 N–H and O–H groups in total. The Kier molecular flexibility index (Phi) is 11.0. The molecular formula is C37H42ClN3O4S. The van der Waals surface area contributed by atoms with Crippen molar-refractivity contribution in [3.05, 3.63) is 130 Å². The van der Waals surface area contributed by atoms with Gasteiger partial charge in [-0.2, -0.15) is 0 Å². The molecule has 2 amide bonds. The summed E-state index contributed by atoms with van der Waals surface area (Å²) >= 11 is 6.33. The van der Waals surface area contributed by atoms with Crippen LogP contribution >= 0.6 is 11.6 Å². The number of halogens is 1. The molecule has 0 unspecified atom stereocenters. The molecule has 4 aromatic carbocycles. The second-order valence-electron chi connectivity index (χ2n) is 12.6. The van der Waals surface area contributed by atoms with Crippen molar-refractivity contribution in [2.45, 2.75) is 71.0 Å². The van der Waals surface area contributed by atoms with E-state index in [1.165, 1.54) is 4.90 Å². The molecule has 0 saturated heterocycles. The topological polar surface area (TPSA) is 86.8 Å². The highest BCUT2D eigenvalue weighted by molar-refractivity contribution is 7.92. The van der Waals surface area contributed by atoms with Crippen LogP contribution < -0.4 is 9.62 Å². The van der Waals surface area contributed by atoms with Crippen LogP contribution in [-0.4, -0.2) is 43.3 Å². The van der Waals surface area contributed by atoms with Crippen molar-refractivity contribution in [1.82, 2.24) is 10.2 Å². The van der Waals surface area contributed by atoms with Crippen molar-refractivity contribution in [1.29, 1.82) is 0 Å². The summed E-state index contributed by atoms with van der Waals surface area (Å²) in [5.74, 6) is -0.868. The van der Waals surface area contributed by atoms with Crippen LogP contribution in [0.15, 0.2) is 102 Å². The van der Waals surface area contributed by atoms with Crippen molar-refractivity contribution in [3.8, 4) is 0 Å². The number of rotatable bonds is 11. The van der Waals surface area contributed by atoms with Gasteiger partial charge < -0.3 is 10.2 Å². The maximum absolute atomic E-state index is 14.7. The third kappa shape index (κ3) is 8.77. The predicted octanol–water partition coefficient (Wildman–Crippen LogP) is 7.02. The third-order valence-corrected chi connectivity index (χ3v) is 9.75. The second-order valence-corrected chi connectivity index (χ2v) is 14.9. The van der Waals surface area contributed by atoms with Crippen LogP contribution in [0.1, 0.15) is 48.6 Å². The zero-order valence-electron chi connectivity index (χ0n) is 27.2. The van der Waals surface area contributed by atoms with Gasteiger partial charge in [0.2, 0.25) is 11.8 Å². The average molecular weight is 660 g/mol. The summed E-state index contributed by atoms with van der Waals surface area (Å²) in [7, 11) is -4.19. The molecule has 0 radical (unpaired) electrons. The number of sulfonamides is 1. The van der Waals surface area contributed by atoms with Gasteiger partial charge in [-0.15, -0.1) is 0 Å². The fraction of sp³-hybridized carbons (Fsp3) is 0.297. The number of carbonyl (C=O) groups excluding carboxylic acids is 2. The number of anilines is 1. The lowest BCUT2D eigenvalue weighted by Crippen LogP contribution is -2.56. The van der Waals surface area contributed by atoms with E-state index in [9.17, 15) is 18.0 Å². The fourth-order valence-corrected chi connectivity index (χ4v) is 6.88. The van der Waals surface area contributed by atoms with E-state index in [1.54, 1.807) is 54.6 Å². The molecule has 0 aliphatic carbocycles. The molecule has 7 nitrogen and oxygen atoms in total. The number of hydrogen-bond donors (Lipinski definition) is 1. The van der Waals surface area contributed by atoms with Gasteiger partial charge in [0.1, 0.15) is 12.6 Å². The van der Waals surface area contributed by atoms with Gasteiger partial charge in [-0.05, 0) is 94.1 Å². The standard InChI is InChI=1S/C37H42ClN3O4S/c1-26-18-20-32(21-19-26)46(44,45)41(33-17-10-12-27(2)28(33)3)25-35(42)40(24-30-15-11-16-31(38)22-30)34(36(43)39-37(4,5)6)23-29-13-8-7-9-14-29/h7-22,34H,23-25H2,1-6H3,(H,39,43)/t34-/m0/s1. The minimum atomic E-state index is -4.19. The van der Waals surface area contributed by atoms with Gasteiger partial charge in [0, 0.05) is 23.5 Å². The molecule has 46 heavy (non-hydrogen) atoms. The second kappa shape index (κ2) is 14.5. The van der Waals surface area contributed by atoms with Crippen molar-refractivity contribution in [3.63, 3.8) is 0 Å². The molecule has 0 aliphatic rings. The molecule has 9 heteroatoms. The van der Waals surface area contributed by atoms with Crippen molar-refractivity contribution >= 4 is 39.1 Å². The van der Waals surface area contributed by atoms with Gasteiger partial charge >= 0.3 is 0 Å². The number of carbonyl (C=O) groups is 2. The molecule has 0 saturated carbocycles. The normalized spacial score (nSPS) is 12.3. The average Bonchev–Trinajstić information content (AvgIpc) is 2.99. The van der Waals surface area contributed by atoms with E-state index in [2.05, 4.69) is 5.32 Å². The summed E-state index contributed by atoms with van der Waals surface area (Å²) in [4.78, 5) is 30.2. The monoisotopic (exact) mass is 659 g/mol. The van der Waals surface area contributed by atoms with Crippen LogP contribution in [0.4, 0.5) is 5.69 Å². The summed E-state index contributed by atoms with van der Waals surface area (Å²) < 4.78 is 29.8. The van der Waals surface area contributed by atoms with Crippen molar-refractivity contribution in [2.75, 3.05) is 10.8 Å². The maximum Gasteiger partial charge on any atom is 0.264 e. The van der Waals surface area contributed by atoms with Gasteiger partial charge in [0.05, 0.1) is 10.6 Å². The molecule has 4 rings (SSSR count). The first-order valence-corrected chi connectivity index (χ1v) is 17.0. The highest BCUT2D eigenvalue weighted by Crippen LogP contribution is 2.30. The SMILES string of the molecule is Cc1ccc(S(=O)(=O)N(CC(=O)N(Cc2cccc(Cl)c2)[C@@H](Cc2ccccc2)C(=O)NC(C)(C)C)c2cccc(C)c2C)cc1. The number of amides is 2. The summed E-state index contributed by atoms with van der Waals surface area (Å²) in [5.41, 5.74) is 3.93. The molecule has 0 fully saturated rings. The number of nitrogens with zero attached hydrogens (tertiary/aromatic N) is 2. The lowest BCUT2D eigenvalue weighted by molar-refractivity contribution is -0.140. The number of hydrogen-bond acceptors (Lipinski definition) is 4. The molecule has 1 atom stereocenters. The Morgan fingerprint density at radius 1 is 0.826 bits per heavy atom. The zero-order chi connectivity index (χ0) is 33.6. The molecule has 0 aromatic heterocycles.